The number of aromatic nitrogens is 1. The number of halogens is 1. The molecular weight excluding hydrogens is 304 g/mol. The lowest BCUT2D eigenvalue weighted by Crippen LogP contribution is -2.16. The number of rotatable bonds is 6. The first-order valence-electron chi connectivity index (χ1n) is 6.75. The van der Waals surface area contributed by atoms with Crippen LogP contribution in [-0.2, 0) is 13.0 Å². The predicted molar refractivity (Wildman–Crippen MR) is 86.7 cm³/mol. The SMILES string of the molecule is Clc1ccc(CCNCc2ncc(-c3ccco3)s2)cc1. The molecule has 21 heavy (non-hydrogen) atoms. The quantitative estimate of drug-likeness (QED) is 0.685. The molecule has 0 saturated carbocycles. The fourth-order valence-electron chi connectivity index (χ4n) is 2.00. The zero-order valence-corrected chi connectivity index (χ0v) is 13.0. The molecule has 0 aliphatic rings. The summed E-state index contributed by atoms with van der Waals surface area (Å²) in [5, 5.41) is 5.25. The van der Waals surface area contributed by atoms with Crippen molar-refractivity contribution in [3.63, 3.8) is 0 Å². The maximum absolute atomic E-state index is 5.87. The van der Waals surface area contributed by atoms with Crippen LogP contribution in [0, 0.1) is 0 Å². The number of benzene rings is 1. The van der Waals surface area contributed by atoms with Crippen molar-refractivity contribution in [3.8, 4) is 10.6 Å². The Morgan fingerprint density at radius 3 is 2.81 bits per heavy atom. The summed E-state index contributed by atoms with van der Waals surface area (Å²) >= 11 is 7.52. The minimum atomic E-state index is 0.777. The third kappa shape index (κ3) is 3.94. The van der Waals surface area contributed by atoms with Gasteiger partial charge in [0.2, 0.25) is 0 Å². The van der Waals surface area contributed by atoms with Gasteiger partial charge in [-0.25, -0.2) is 4.98 Å². The van der Waals surface area contributed by atoms with E-state index in [2.05, 4.69) is 22.4 Å². The Labute approximate surface area is 132 Å². The Bertz CT molecular complexity index is 677. The zero-order chi connectivity index (χ0) is 14.5. The van der Waals surface area contributed by atoms with Gasteiger partial charge < -0.3 is 9.73 Å². The zero-order valence-electron chi connectivity index (χ0n) is 11.4. The number of furan rings is 1. The largest absolute Gasteiger partial charge is 0.463 e. The summed E-state index contributed by atoms with van der Waals surface area (Å²) in [6.45, 7) is 1.69. The maximum Gasteiger partial charge on any atom is 0.145 e. The minimum Gasteiger partial charge on any atom is -0.463 e. The summed E-state index contributed by atoms with van der Waals surface area (Å²) in [6, 6.07) is 11.8. The van der Waals surface area contributed by atoms with E-state index < -0.39 is 0 Å². The van der Waals surface area contributed by atoms with Crippen LogP contribution in [0.1, 0.15) is 10.6 Å². The highest BCUT2D eigenvalue weighted by Gasteiger charge is 2.06. The van der Waals surface area contributed by atoms with E-state index in [-0.39, 0.29) is 0 Å². The molecule has 0 bridgehead atoms. The first-order valence-corrected chi connectivity index (χ1v) is 7.94. The number of nitrogens with one attached hydrogen (secondary N) is 1. The monoisotopic (exact) mass is 318 g/mol. The van der Waals surface area contributed by atoms with Gasteiger partial charge in [-0.1, -0.05) is 23.7 Å². The van der Waals surface area contributed by atoms with Crippen LogP contribution in [0.4, 0.5) is 0 Å². The topological polar surface area (TPSA) is 38.1 Å². The van der Waals surface area contributed by atoms with E-state index in [1.807, 2.05) is 30.5 Å². The van der Waals surface area contributed by atoms with Gasteiger partial charge in [0.05, 0.1) is 11.1 Å². The third-order valence-electron chi connectivity index (χ3n) is 3.10. The molecule has 0 amide bonds. The third-order valence-corrected chi connectivity index (χ3v) is 4.36. The van der Waals surface area contributed by atoms with Crippen molar-refractivity contribution in [1.82, 2.24) is 10.3 Å². The molecule has 1 N–H and O–H groups in total. The van der Waals surface area contributed by atoms with E-state index >= 15 is 0 Å². The van der Waals surface area contributed by atoms with Crippen molar-refractivity contribution in [1.29, 1.82) is 0 Å². The summed E-state index contributed by atoms with van der Waals surface area (Å²) in [7, 11) is 0. The van der Waals surface area contributed by atoms with Crippen LogP contribution in [0.15, 0.2) is 53.3 Å². The number of hydrogen-bond donors (Lipinski definition) is 1. The van der Waals surface area contributed by atoms with Gasteiger partial charge in [0.25, 0.3) is 0 Å². The fourth-order valence-corrected chi connectivity index (χ4v) is 2.99. The smallest absolute Gasteiger partial charge is 0.145 e. The molecule has 1 aromatic carbocycles. The molecule has 0 saturated heterocycles. The van der Waals surface area contributed by atoms with Gasteiger partial charge >= 0.3 is 0 Å². The molecule has 3 nitrogen and oxygen atoms in total. The molecule has 3 aromatic rings. The Morgan fingerprint density at radius 2 is 2.05 bits per heavy atom. The van der Waals surface area contributed by atoms with Crippen LogP contribution in [-0.4, -0.2) is 11.5 Å². The van der Waals surface area contributed by atoms with Gasteiger partial charge in [0.1, 0.15) is 10.8 Å². The molecule has 0 atom stereocenters. The minimum absolute atomic E-state index is 0.777. The number of nitrogens with zero attached hydrogens (tertiary/aromatic N) is 1. The number of thiazole rings is 1. The Morgan fingerprint density at radius 1 is 1.19 bits per heavy atom. The van der Waals surface area contributed by atoms with Crippen molar-refractivity contribution < 1.29 is 4.42 Å². The maximum atomic E-state index is 5.87. The van der Waals surface area contributed by atoms with E-state index in [0.717, 1.165) is 40.2 Å². The fraction of sp³-hybridized carbons (Fsp3) is 0.188. The van der Waals surface area contributed by atoms with Gasteiger partial charge in [0, 0.05) is 17.8 Å². The van der Waals surface area contributed by atoms with Crippen molar-refractivity contribution in [2.45, 2.75) is 13.0 Å². The van der Waals surface area contributed by atoms with Gasteiger partial charge in [-0.2, -0.15) is 0 Å². The van der Waals surface area contributed by atoms with Crippen LogP contribution < -0.4 is 5.32 Å². The Kier molecular flexibility index (Phi) is 4.70. The van der Waals surface area contributed by atoms with Crippen LogP contribution in [0.25, 0.3) is 10.6 Å². The molecule has 0 fully saturated rings. The predicted octanol–water partition coefficient (Wildman–Crippen LogP) is 4.39. The molecule has 2 aromatic heterocycles. The lowest BCUT2D eigenvalue weighted by atomic mass is 10.1. The van der Waals surface area contributed by atoms with Gasteiger partial charge in [0.15, 0.2) is 0 Å². The molecule has 0 radical (unpaired) electrons. The van der Waals surface area contributed by atoms with Gasteiger partial charge in [-0.15, -0.1) is 11.3 Å². The van der Waals surface area contributed by atoms with E-state index in [1.165, 1.54) is 5.56 Å². The molecule has 108 valence electrons. The standard InChI is InChI=1S/C16H15ClN2OS/c17-13-5-3-12(4-6-13)7-8-18-11-16-19-10-15(21-16)14-2-1-9-20-14/h1-6,9-10,18H,7-8,11H2. The van der Waals surface area contributed by atoms with E-state index in [9.17, 15) is 0 Å². The highest BCUT2D eigenvalue weighted by molar-refractivity contribution is 7.15. The van der Waals surface area contributed by atoms with Crippen molar-refractivity contribution in [3.05, 3.63) is 64.5 Å². The second-order valence-corrected chi connectivity index (χ2v) is 6.20. The summed E-state index contributed by atoms with van der Waals surface area (Å²) in [5.41, 5.74) is 1.28. The first kappa shape index (κ1) is 14.3. The molecule has 0 unspecified atom stereocenters. The van der Waals surface area contributed by atoms with Crippen LogP contribution in [0.2, 0.25) is 5.02 Å². The molecular formula is C16H15ClN2OS. The van der Waals surface area contributed by atoms with E-state index in [1.54, 1.807) is 17.6 Å². The van der Waals surface area contributed by atoms with Gasteiger partial charge in [-0.05, 0) is 42.8 Å². The summed E-state index contributed by atoms with van der Waals surface area (Å²) < 4.78 is 5.37. The average molecular weight is 319 g/mol. The highest BCUT2D eigenvalue weighted by atomic mass is 35.5. The van der Waals surface area contributed by atoms with Crippen molar-refractivity contribution in [2.75, 3.05) is 6.54 Å². The second kappa shape index (κ2) is 6.89. The van der Waals surface area contributed by atoms with Crippen molar-refractivity contribution in [2.24, 2.45) is 0 Å². The van der Waals surface area contributed by atoms with E-state index in [0.29, 0.717) is 0 Å². The lowest BCUT2D eigenvalue weighted by molar-refractivity contribution is 0.583. The molecule has 5 heteroatoms. The van der Waals surface area contributed by atoms with E-state index in [4.69, 9.17) is 16.0 Å². The lowest BCUT2D eigenvalue weighted by Gasteiger charge is -2.03. The van der Waals surface area contributed by atoms with Crippen LogP contribution in [0.5, 0.6) is 0 Å². The van der Waals surface area contributed by atoms with Crippen LogP contribution >= 0.6 is 22.9 Å². The molecule has 0 spiro atoms. The van der Waals surface area contributed by atoms with Crippen LogP contribution in [0.3, 0.4) is 0 Å². The molecule has 3 rings (SSSR count). The molecule has 0 aliphatic carbocycles. The summed E-state index contributed by atoms with van der Waals surface area (Å²) in [5.74, 6) is 0.875. The molecule has 2 heterocycles. The Balaban J connectivity index is 1.46. The van der Waals surface area contributed by atoms with Gasteiger partial charge in [-0.3, -0.25) is 0 Å². The first-order chi connectivity index (χ1) is 10.3. The average Bonchev–Trinajstić information content (AvgIpc) is 3.16. The number of hydrogen-bond acceptors (Lipinski definition) is 4. The summed E-state index contributed by atoms with van der Waals surface area (Å²) in [6.07, 6.45) is 4.52. The van der Waals surface area contributed by atoms with Crippen molar-refractivity contribution >= 4 is 22.9 Å². The normalized spacial score (nSPS) is 10.9. The second-order valence-electron chi connectivity index (χ2n) is 4.65. The molecule has 0 aliphatic heterocycles. The Hall–Kier alpha value is -1.62. The highest BCUT2D eigenvalue weighted by Crippen LogP contribution is 2.26. The summed E-state index contributed by atoms with van der Waals surface area (Å²) in [4.78, 5) is 5.47.